The van der Waals surface area contributed by atoms with Gasteiger partial charge in [-0.3, -0.25) is 14.3 Å². The molecule has 0 unspecified atom stereocenters. The van der Waals surface area contributed by atoms with Crippen molar-refractivity contribution in [2.24, 2.45) is 22.2 Å². The zero-order chi connectivity index (χ0) is 29.5. The molecule has 2 saturated carbocycles. The van der Waals surface area contributed by atoms with Gasteiger partial charge in [0, 0.05) is 18.3 Å². The number of ether oxygens (including phenoxy) is 1. The van der Waals surface area contributed by atoms with Gasteiger partial charge in [0.2, 0.25) is 15.9 Å². The number of amides is 1. The van der Waals surface area contributed by atoms with Crippen molar-refractivity contribution in [2.75, 3.05) is 22.9 Å². The summed E-state index contributed by atoms with van der Waals surface area (Å²) in [5.41, 5.74) is 0.863. The Morgan fingerprint density at radius 2 is 1.85 bits per heavy atom. The topological polar surface area (TPSA) is 151 Å². The van der Waals surface area contributed by atoms with Crippen LogP contribution in [-0.4, -0.2) is 58.4 Å². The maximum Gasteiger partial charge on any atom is 0.311 e. The van der Waals surface area contributed by atoms with E-state index in [4.69, 9.17) is 4.74 Å². The summed E-state index contributed by atoms with van der Waals surface area (Å²) in [6.07, 6.45) is 3.05. The molecule has 1 amide bonds. The standard InChI is InChI=1S/C27H31FN4O7S2/c1-3-39-27(34)25-17-6-7-18(12-17)26(25)32(15-16-4-8-19(28)9-5-16)24(33)14-23-29-21-11-10-20(30-40(2,35)36)13-22(21)41(37,38)31-23/h4-5,8-11,13,17-18,25-26,30H,3,6-7,12,14-15H2,1-2H3,(H,29,31)/t17-,18+,25-,26+/m1/s1. The molecule has 2 fully saturated rings. The number of carbonyl (C=O) groups is 2. The van der Waals surface area contributed by atoms with Crippen molar-refractivity contribution in [3.8, 4) is 0 Å². The predicted octanol–water partition coefficient (Wildman–Crippen LogP) is 3.11. The minimum absolute atomic E-state index is 0.0538. The fraction of sp³-hybridized carbons (Fsp3) is 0.444. The highest BCUT2D eigenvalue weighted by atomic mass is 32.2. The SMILES string of the molecule is CCOC(=O)[C@@H]1[C@@H]2CC[C@@H](C2)[C@@H]1N(Cc1ccc(F)cc1)C(=O)CC1=NS(=O)(=O)c2cc(NS(C)(=O)=O)ccc2N1. The van der Waals surface area contributed by atoms with Crippen molar-refractivity contribution >= 4 is 49.1 Å². The van der Waals surface area contributed by atoms with Crippen molar-refractivity contribution in [2.45, 2.75) is 50.1 Å². The van der Waals surface area contributed by atoms with E-state index in [0.29, 0.717) is 5.56 Å². The smallest absolute Gasteiger partial charge is 0.311 e. The molecule has 0 aromatic heterocycles. The highest BCUT2D eigenvalue weighted by Gasteiger charge is 2.54. The summed E-state index contributed by atoms with van der Waals surface area (Å²) in [7, 11) is -7.90. The molecule has 5 rings (SSSR count). The number of amidine groups is 1. The van der Waals surface area contributed by atoms with Crippen molar-refractivity contribution in [1.82, 2.24) is 4.90 Å². The number of halogens is 1. The molecule has 1 heterocycles. The monoisotopic (exact) mass is 606 g/mol. The molecule has 0 spiro atoms. The number of hydrogen-bond donors (Lipinski definition) is 2. The minimum Gasteiger partial charge on any atom is -0.466 e. The summed E-state index contributed by atoms with van der Waals surface area (Å²) < 4.78 is 74.2. The van der Waals surface area contributed by atoms with Crippen LogP contribution in [0.2, 0.25) is 0 Å². The van der Waals surface area contributed by atoms with Crippen LogP contribution >= 0.6 is 0 Å². The Morgan fingerprint density at radius 1 is 1.15 bits per heavy atom. The summed E-state index contributed by atoms with van der Waals surface area (Å²) in [5, 5.41) is 2.88. The lowest BCUT2D eigenvalue weighted by molar-refractivity contribution is -0.154. The Bertz CT molecular complexity index is 1610. The van der Waals surface area contributed by atoms with Gasteiger partial charge in [-0.2, -0.15) is 8.42 Å². The number of rotatable bonds is 9. The van der Waals surface area contributed by atoms with E-state index in [-0.39, 0.29) is 53.1 Å². The highest BCUT2D eigenvalue weighted by molar-refractivity contribution is 7.92. The molecule has 2 aromatic rings. The van der Waals surface area contributed by atoms with Crippen LogP contribution in [-0.2, 0) is 40.9 Å². The third kappa shape index (κ3) is 6.22. The molecule has 0 saturated heterocycles. The predicted molar refractivity (Wildman–Crippen MR) is 149 cm³/mol. The van der Waals surface area contributed by atoms with E-state index in [2.05, 4.69) is 14.4 Å². The summed E-state index contributed by atoms with van der Waals surface area (Å²) in [5.74, 6) is -1.68. The van der Waals surface area contributed by atoms with Crippen LogP contribution in [0, 0.1) is 23.6 Å². The molecule has 11 nitrogen and oxygen atoms in total. The molecule has 2 aromatic carbocycles. The third-order valence-corrected chi connectivity index (χ3v) is 9.73. The number of nitrogens with zero attached hydrogens (tertiary/aromatic N) is 2. The molecule has 3 aliphatic rings. The van der Waals surface area contributed by atoms with E-state index in [1.807, 2.05) is 0 Å². The molecular weight excluding hydrogens is 575 g/mol. The van der Waals surface area contributed by atoms with E-state index < -0.39 is 50.2 Å². The third-order valence-electron chi connectivity index (χ3n) is 7.77. The van der Waals surface area contributed by atoms with Gasteiger partial charge in [-0.25, -0.2) is 12.8 Å². The molecule has 14 heteroatoms. The number of carbonyl (C=O) groups excluding carboxylic acids is 2. The molecule has 4 atom stereocenters. The quantitative estimate of drug-likeness (QED) is 0.413. The largest absolute Gasteiger partial charge is 0.466 e. The van der Waals surface area contributed by atoms with Crippen LogP contribution in [0.3, 0.4) is 0 Å². The Morgan fingerprint density at radius 3 is 2.54 bits per heavy atom. The Labute approximate surface area is 238 Å². The number of sulfonamides is 2. The molecule has 0 radical (unpaired) electrons. The van der Waals surface area contributed by atoms with E-state index >= 15 is 0 Å². The van der Waals surface area contributed by atoms with Gasteiger partial charge in [0.05, 0.1) is 30.9 Å². The lowest BCUT2D eigenvalue weighted by Gasteiger charge is -2.39. The van der Waals surface area contributed by atoms with Crippen molar-refractivity contribution in [3.05, 3.63) is 53.8 Å². The van der Waals surface area contributed by atoms with Crippen LogP contribution in [0.4, 0.5) is 15.8 Å². The first-order valence-electron chi connectivity index (χ1n) is 13.3. The fourth-order valence-electron chi connectivity index (χ4n) is 6.24. The van der Waals surface area contributed by atoms with E-state index in [1.165, 1.54) is 24.3 Å². The van der Waals surface area contributed by atoms with Gasteiger partial charge in [0.15, 0.2) is 0 Å². The number of benzene rings is 2. The lowest BCUT2D eigenvalue weighted by atomic mass is 9.83. The zero-order valence-electron chi connectivity index (χ0n) is 22.5. The van der Waals surface area contributed by atoms with Gasteiger partial charge in [0.25, 0.3) is 10.0 Å². The zero-order valence-corrected chi connectivity index (χ0v) is 24.2. The van der Waals surface area contributed by atoms with Gasteiger partial charge >= 0.3 is 5.97 Å². The first kappa shape index (κ1) is 29.0. The summed E-state index contributed by atoms with van der Waals surface area (Å²) >= 11 is 0. The van der Waals surface area contributed by atoms with Gasteiger partial charge in [0.1, 0.15) is 16.5 Å². The van der Waals surface area contributed by atoms with Gasteiger partial charge < -0.3 is 15.0 Å². The first-order valence-corrected chi connectivity index (χ1v) is 16.6. The second kappa shape index (κ2) is 11.0. The maximum atomic E-state index is 13.9. The van der Waals surface area contributed by atoms with E-state index in [0.717, 1.165) is 31.6 Å². The molecule has 2 N–H and O–H groups in total. The fourth-order valence-corrected chi connectivity index (χ4v) is 7.96. The Hall–Kier alpha value is -3.52. The molecular formula is C27H31FN4O7S2. The van der Waals surface area contributed by atoms with Crippen LogP contribution in [0.1, 0.15) is 38.2 Å². The van der Waals surface area contributed by atoms with Gasteiger partial charge in [-0.1, -0.05) is 12.1 Å². The average molecular weight is 607 g/mol. The number of anilines is 2. The second-order valence-electron chi connectivity index (χ2n) is 10.6. The van der Waals surface area contributed by atoms with Crippen molar-refractivity contribution in [1.29, 1.82) is 0 Å². The lowest BCUT2D eigenvalue weighted by Crippen LogP contribution is -2.50. The van der Waals surface area contributed by atoms with Gasteiger partial charge in [-0.15, -0.1) is 4.40 Å². The molecule has 220 valence electrons. The minimum atomic E-state index is -4.26. The molecule has 2 aliphatic carbocycles. The number of esters is 1. The number of hydrogen-bond acceptors (Lipinski definition) is 8. The van der Waals surface area contributed by atoms with E-state index in [1.54, 1.807) is 24.0 Å². The Kier molecular flexibility index (Phi) is 7.81. The first-order chi connectivity index (χ1) is 19.3. The average Bonchev–Trinajstić information content (AvgIpc) is 3.50. The molecule has 1 aliphatic heterocycles. The number of fused-ring (bicyclic) bond motifs is 3. The van der Waals surface area contributed by atoms with Crippen LogP contribution in [0.5, 0.6) is 0 Å². The van der Waals surface area contributed by atoms with Crippen molar-refractivity contribution in [3.63, 3.8) is 0 Å². The second-order valence-corrected chi connectivity index (χ2v) is 14.0. The summed E-state index contributed by atoms with van der Waals surface area (Å²) in [6, 6.07) is 9.22. The normalized spacial score (nSPS) is 24.1. The van der Waals surface area contributed by atoms with Crippen LogP contribution in [0.15, 0.2) is 51.8 Å². The molecule has 41 heavy (non-hydrogen) atoms. The van der Waals surface area contributed by atoms with E-state index in [9.17, 15) is 30.8 Å². The maximum absolute atomic E-state index is 13.9. The summed E-state index contributed by atoms with van der Waals surface area (Å²) in [4.78, 5) is 28.3. The molecule has 2 bridgehead atoms. The highest BCUT2D eigenvalue weighted by Crippen LogP contribution is 2.51. The summed E-state index contributed by atoms with van der Waals surface area (Å²) in [6.45, 7) is 2.04. The number of nitrogens with one attached hydrogen (secondary N) is 2. The van der Waals surface area contributed by atoms with Crippen LogP contribution in [0.25, 0.3) is 0 Å². The van der Waals surface area contributed by atoms with Gasteiger partial charge in [-0.05, 0) is 73.9 Å². The Balaban J connectivity index is 1.44. The van der Waals surface area contributed by atoms with Crippen molar-refractivity contribution < 1.29 is 35.6 Å². The van der Waals surface area contributed by atoms with Crippen LogP contribution < -0.4 is 10.0 Å².